The van der Waals surface area contributed by atoms with E-state index in [4.69, 9.17) is 23.2 Å². The van der Waals surface area contributed by atoms with Crippen molar-refractivity contribution in [2.45, 2.75) is 6.54 Å². The number of nitrogens with zero attached hydrogens (tertiary/aromatic N) is 1. The van der Waals surface area contributed by atoms with E-state index in [1.54, 1.807) is 6.20 Å². The lowest BCUT2D eigenvalue weighted by atomic mass is 10.1. The zero-order chi connectivity index (χ0) is 14.7. The van der Waals surface area contributed by atoms with E-state index in [0.29, 0.717) is 11.0 Å². The summed E-state index contributed by atoms with van der Waals surface area (Å²) in [7, 11) is 0. The number of benzene rings is 2. The Kier molecular flexibility index (Phi) is 4.44. The van der Waals surface area contributed by atoms with Gasteiger partial charge in [-0.1, -0.05) is 47.5 Å². The molecule has 2 nitrogen and oxygen atoms in total. The minimum absolute atomic E-state index is 0.569. The third kappa shape index (κ3) is 3.76. The lowest BCUT2D eigenvalue weighted by molar-refractivity contribution is 1.17. The maximum absolute atomic E-state index is 6.04. The van der Waals surface area contributed by atoms with E-state index in [9.17, 15) is 0 Å². The average Bonchev–Trinajstić information content (AvgIpc) is 2.91. The maximum atomic E-state index is 6.04. The Bertz CT molecular complexity index is 755. The van der Waals surface area contributed by atoms with E-state index >= 15 is 0 Å². The van der Waals surface area contributed by atoms with Gasteiger partial charge in [-0.25, -0.2) is 4.98 Å². The standard InChI is InChI=1S/C16H12Cl2N2S/c17-13-5-1-3-11(7-13)12-4-2-6-14(8-12)19-9-15-10-20-16(18)21-15/h1-8,10,19H,9H2. The second kappa shape index (κ2) is 6.48. The van der Waals surface area contributed by atoms with Gasteiger partial charge >= 0.3 is 0 Å². The first-order valence-corrected chi connectivity index (χ1v) is 7.98. The summed E-state index contributed by atoms with van der Waals surface area (Å²) in [6.45, 7) is 0.712. The van der Waals surface area contributed by atoms with Crippen molar-refractivity contribution in [1.29, 1.82) is 0 Å². The largest absolute Gasteiger partial charge is 0.380 e. The summed E-state index contributed by atoms with van der Waals surface area (Å²) in [6.07, 6.45) is 1.79. The Morgan fingerprint density at radius 3 is 2.48 bits per heavy atom. The Labute approximate surface area is 137 Å². The molecule has 0 atom stereocenters. The highest BCUT2D eigenvalue weighted by atomic mass is 35.5. The van der Waals surface area contributed by atoms with Gasteiger partial charge in [-0.15, -0.1) is 11.3 Å². The van der Waals surface area contributed by atoms with Gasteiger partial charge in [0, 0.05) is 21.8 Å². The molecule has 2 aromatic carbocycles. The number of aromatic nitrogens is 1. The number of hydrogen-bond acceptors (Lipinski definition) is 3. The van der Waals surface area contributed by atoms with Crippen molar-refractivity contribution in [2.24, 2.45) is 0 Å². The van der Waals surface area contributed by atoms with E-state index in [1.165, 1.54) is 11.3 Å². The zero-order valence-corrected chi connectivity index (χ0v) is 13.3. The van der Waals surface area contributed by atoms with Crippen LogP contribution in [0.4, 0.5) is 5.69 Å². The molecule has 3 rings (SSSR count). The van der Waals surface area contributed by atoms with Crippen LogP contribution in [-0.2, 0) is 6.54 Å². The quantitative estimate of drug-likeness (QED) is 0.659. The minimum atomic E-state index is 0.569. The van der Waals surface area contributed by atoms with Gasteiger partial charge in [-0.2, -0.15) is 0 Å². The molecule has 5 heteroatoms. The van der Waals surface area contributed by atoms with E-state index in [1.807, 2.05) is 36.4 Å². The molecule has 0 spiro atoms. The van der Waals surface area contributed by atoms with E-state index in [2.05, 4.69) is 22.4 Å². The lowest BCUT2D eigenvalue weighted by Crippen LogP contribution is -1.97. The highest BCUT2D eigenvalue weighted by Crippen LogP contribution is 2.26. The number of anilines is 1. The zero-order valence-electron chi connectivity index (χ0n) is 11.0. The molecular formula is C16H12Cl2N2S. The van der Waals surface area contributed by atoms with Crippen LogP contribution in [0.5, 0.6) is 0 Å². The first-order valence-electron chi connectivity index (χ1n) is 6.41. The monoisotopic (exact) mass is 334 g/mol. The van der Waals surface area contributed by atoms with Crippen molar-refractivity contribution in [3.8, 4) is 11.1 Å². The molecule has 0 amide bonds. The van der Waals surface area contributed by atoms with E-state index < -0.39 is 0 Å². The van der Waals surface area contributed by atoms with E-state index in [-0.39, 0.29) is 0 Å². The van der Waals surface area contributed by atoms with Crippen molar-refractivity contribution in [3.05, 3.63) is 69.1 Å². The fraction of sp³-hybridized carbons (Fsp3) is 0.0625. The Morgan fingerprint density at radius 1 is 1.00 bits per heavy atom. The normalized spacial score (nSPS) is 10.6. The molecule has 1 N–H and O–H groups in total. The molecule has 0 fully saturated rings. The smallest absolute Gasteiger partial charge is 0.183 e. The molecule has 0 saturated heterocycles. The van der Waals surface area contributed by atoms with Crippen LogP contribution in [0.3, 0.4) is 0 Å². The summed E-state index contributed by atoms with van der Waals surface area (Å²) in [5.41, 5.74) is 3.29. The van der Waals surface area contributed by atoms with Gasteiger partial charge in [0.1, 0.15) is 0 Å². The fourth-order valence-corrected chi connectivity index (χ4v) is 3.14. The summed E-state index contributed by atoms with van der Waals surface area (Å²) >= 11 is 13.4. The summed E-state index contributed by atoms with van der Waals surface area (Å²) < 4.78 is 0.569. The van der Waals surface area contributed by atoms with Crippen molar-refractivity contribution in [3.63, 3.8) is 0 Å². The summed E-state index contributed by atoms with van der Waals surface area (Å²) in [5.74, 6) is 0. The molecule has 0 aliphatic carbocycles. The molecule has 0 aliphatic heterocycles. The number of hydrogen-bond donors (Lipinski definition) is 1. The maximum Gasteiger partial charge on any atom is 0.183 e. The molecule has 3 aromatic rings. The van der Waals surface area contributed by atoms with Gasteiger partial charge in [0.05, 0.1) is 6.54 Å². The van der Waals surface area contributed by atoms with Crippen LogP contribution in [0.2, 0.25) is 9.49 Å². The number of halogens is 2. The van der Waals surface area contributed by atoms with Crippen LogP contribution in [0.15, 0.2) is 54.7 Å². The predicted octanol–water partition coefficient (Wildman–Crippen LogP) is 5.73. The number of thiazole rings is 1. The lowest BCUT2D eigenvalue weighted by Gasteiger charge is -2.08. The number of nitrogens with one attached hydrogen (secondary N) is 1. The van der Waals surface area contributed by atoms with Crippen LogP contribution < -0.4 is 5.32 Å². The molecule has 0 unspecified atom stereocenters. The van der Waals surface area contributed by atoms with Crippen molar-refractivity contribution < 1.29 is 0 Å². The van der Waals surface area contributed by atoms with Gasteiger partial charge in [-0.05, 0) is 35.4 Å². The average molecular weight is 335 g/mol. The van der Waals surface area contributed by atoms with Gasteiger partial charge in [0.15, 0.2) is 4.47 Å². The van der Waals surface area contributed by atoms with Crippen LogP contribution in [0.25, 0.3) is 11.1 Å². The summed E-state index contributed by atoms with van der Waals surface area (Å²) in [6, 6.07) is 16.1. The molecule has 0 bridgehead atoms. The molecule has 21 heavy (non-hydrogen) atoms. The molecule has 106 valence electrons. The third-order valence-electron chi connectivity index (χ3n) is 3.01. The third-order valence-corrected chi connectivity index (χ3v) is 4.36. The molecular weight excluding hydrogens is 323 g/mol. The first kappa shape index (κ1) is 14.4. The van der Waals surface area contributed by atoms with Crippen LogP contribution >= 0.6 is 34.5 Å². The van der Waals surface area contributed by atoms with E-state index in [0.717, 1.165) is 26.7 Å². The van der Waals surface area contributed by atoms with Gasteiger partial charge in [0.25, 0.3) is 0 Å². The number of rotatable bonds is 4. The molecule has 0 radical (unpaired) electrons. The second-order valence-electron chi connectivity index (χ2n) is 4.52. The molecule has 1 aromatic heterocycles. The second-order valence-corrected chi connectivity index (χ2v) is 6.66. The predicted molar refractivity (Wildman–Crippen MR) is 91.3 cm³/mol. The van der Waals surface area contributed by atoms with Crippen molar-refractivity contribution >= 4 is 40.2 Å². The van der Waals surface area contributed by atoms with Gasteiger partial charge < -0.3 is 5.32 Å². The van der Waals surface area contributed by atoms with Crippen LogP contribution in [0.1, 0.15) is 4.88 Å². The van der Waals surface area contributed by atoms with Crippen LogP contribution in [-0.4, -0.2) is 4.98 Å². The molecule has 0 saturated carbocycles. The SMILES string of the molecule is Clc1cccc(-c2cccc(NCc3cnc(Cl)s3)c2)c1. The van der Waals surface area contributed by atoms with Gasteiger partial charge in [0.2, 0.25) is 0 Å². The van der Waals surface area contributed by atoms with Crippen LogP contribution in [0, 0.1) is 0 Å². The summed E-state index contributed by atoms with van der Waals surface area (Å²) in [5, 5.41) is 4.12. The fourth-order valence-electron chi connectivity index (χ4n) is 2.03. The summed E-state index contributed by atoms with van der Waals surface area (Å²) in [4.78, 5) is 5.14. The Morgan fingerprint density at radius 2 is 1.76 bits per heavy atom. The van der Waals surface area contributed by atoms with Crippen molar-refractivity contribution in [1.82, 2.24) is 4.98 Å². The minimum Gasteiger partial charge on any atom is -0.380 e. The topological polar surface area (TPSA) is 24.9 Å². The highest BCUT2D eigenvalue weighted by molar-refractivity contribution is 7.15. The van der Waals surface area contributed by atoms with Gasteiger partial charge in [-0.3, -0.25) is 0 Å². The van der Waals surface area contributed by atoms with Crippen molar-refractivity contribution in [2.75, 3.05) is 5.32 Å². The Hall–Kier alpha value is -1.55. The first-order chi connectivity index (χ1) is 10.2. The Balaban J connectivity index is 1.77. The molecule has 1 heterocycles. The molecule has 0 aliphatic rings. The highest BCUT2D eigenvalue weighted by Gasteiger charge is 2.02.